The van der Waals surface area contributed by atoms with Crippen LogP contribution in [0.25, 0.3) is 0 Å². The summed E-state index contributed by atoms with van der Waals surface area (Å²) in [6.07, 6.45) is 0. The monoisotopic (exact) mass is 763 g/mol. The number of amides is 1. The molecule has 3 aromatic rings. The van der Waals surface area contributed by atoms with Crippen molar-refractivity contribution in [2.75, 3.05) is 51.0 Å². The van der Waals surface area contributed by atoms with Crippen molar-refractivity contribution in [3.63, 3.8) is 0 Å². The summed E-state index contributed by atoms with van der Waals surface area (Å²) < 4.78 is 19.2. The van der Waals surface area contributed by atoms with E-state index in [2.05, 4.69) is 9.47 Å². The van der Waals surface area contributed by atoms with Crippen molar-refractivity contribution in [1.82, 2.24) is 12.3 Å². The fourth-order valence-electron chi connectivity index (χ4n) is 2.79. The zero-order valence-corrected chi connectivity index (χ0v) is 29.1. The van der Waals surface area contributed by atoms with E-state index in [0.29, 0.717) is 48.2 Å². The van der Waals surface area contributed by atoms with Crippen LogP contribution in [0.1, 0.15) is 31.1 Å². The summed E-state index contributed by atoms with van der Waals surface area (Å²) in [6, 6.07) is 12.2. The molecule has 0 saturated carbocycles. The second kappa shape index (κ2) is 29.1. The zero-order chi connectivity index (χ0) is 34.4. The number of carbonyl (C=O) groups excluding carboxylic acids is 3. The number of phenolic OH excluding ortho intramolecular Hbond substituents is 3. The second-order valence-corrected chi connectivity index (χ2v) is 9.37. The van der Waals surface area contributed by atoms with Crippen LogP contribution in [0.5, 0.6) is 34.5 Å². The number of primary amides is 1. The Hall–Kier alpha value is -4.09. The van der Waals surface area contributed by atoms with Crippen molar-refractivity contribution in [1.29, 1.82) is 0 Å². The summed E-state index contributed by atoms with van der Waals surface area (Å²) in [5.74, 6) is 0.172. The minimum Gasteiger partial charge on any atom is -0.508 e. The van der Waals surface area contributed by atoms with Gasteiger partial charge in [0.25, 0.3) is 5.91 Å². The predicted molar refractivity (Wildman–Crippen MR) is 185 cm³/mol. The number of ether oxygens (including phenoxy) is 4. The van der Waals surface area contributed by atoms with Gasteiger partial charge in [-0.3, -0.25) is 4.79 Å². The first-order valence-electron chi connectivity index (χ1n) is 12.5. The van der Waals surface area contributed by atoms with E-state index in [-0.39, 0.29) is 57.5 Å². The third-order valence-corrected chi connectivity index (χ3v) is 5.64. The van der Waals surface area contributed by atoms with Gasteiger partial charge in [-0.1, -0.05) is 0 Å². The number of hydrogen-bond acceptors (Lipinski definition) is 13. The average Bonchev–Trinajstić information content (AvgIpc) is 3.04. The maximum atomic E-state index is 11.2. The van der Waals surface area contributed by atoms with Crippen molar-refractivity contribution in [2.24, 2.45) is 5.73 Å². The summed E-state index contributed by atoms with van der Waals surface area (Å²) in [5, 5.41) is 36.7. The molecule has 15 nitrogen and oxygen atoms in total. The molecule has 0 saturated heterocycles. The van der Waals surface area contributed by atoms with Crippen molar-refractivity contribution in [3.05, 3.63) is 71.3 Å². The van der Waals surface area contributed by atoms with Crippen LogP contribution in [-0.4, -0.2) is 94.7 Å². The van der Waals surface area contributed by atoms with E-state index in [1.807, 2.05) is 0 Å². The summed E-state index contributed by atoms with van der Waals surface area (Å²) in [7, 11) is 2.44. The van der Waals surface area contributed by atoms with Crippen LogP contribution in [-0.2, 0) is 9.47 Å². The first kappa shape index (κ1) is 50.8. The number of alkyl halides is 4. The van der Waals surface area contributed by atoms with E-state index < -0.39 is 17.8 Å². The Morgan fingerprint density at radius 3 is 1.31 bits per heavy atom. The van der Waals surface area contributed by atoms with Crippen LogP contribution < -0.4 is 27.5 Å². The second-order valence-electron chi connectivity index (χ2n) is 7.86. The lowest BCUT2D eigenvalue weighted by molar-refractivity contribution is 0.0587. The average molecular weight is 765 g/mol. The molecule has 3 aromatic carbocycles. The number of phenols is 4. The molecule has 0 unspecified atom stereocenters. The molecule has 0 bridgehead atoms. The molecule has 3 rings (SSSR count). The standard InChI is InChI=1S/C10H11ClO4.C9H10ClNO3.C8H8O4.C2H4Cl2.2H3N.H2O/c1-14-10(13)8-6-7(15-5-4-11)2-3-9(8)12;10-3-4-14-6-1-2-8(12)7(5-6)9(11)13;1-12-8(11)6-4-5(9)2-3-7(6)10;3-1-2-4;;;/h2-3,6,12H,4-5H2,1H3;1-2,5,12H,3-4H2,(H2,11,13);2-4,9-10H,1H3;1-2H2;2*1H3;1H2. The molecule has 0 spiro atoms. The third kappa shape index (κ3) is 19.5. The summed E-state index contributed by atoms with van der Waals surface area (Å²) in [5.41, 5.74) is 5.10. The van der Waals surface area contributed by atoms with Gasteiger partial charge in [0.2, 0.25) is 0 Å². The fraction of sp³-hybridized carbons (Fsp3) is 0.276. The Morgan fingerprint density at radius 2 is 0.958 bits per heavy atom. The molecule has 0 radical (unpaired) electrons. The number of halogens is 4. The Balaban J connectivity index is -0.000000279. The van der Waals surface area contributed by atoms with Gasteiger partial charge in [0, 0.05) is 11.8 Å². The van der Waals surface area contributed by atoms with Crippen molar-refractivity contribution in [2.45, 2.75) is 0 Å². The van der Waals surface area contributed by atoms with Crippen LogP contribution in [0, 0.1) is 0 Å². The molecule has 0 aliphatic carbocycles. The quantitative estimate of drug-likeness (QED) is 0.0834. The molecule has 0 aliphatic rings. The summed E-state index contributed by atoms with van der Waals surface area (Å²) in [6.45, 7) is 0.678. The Kier molecular flexibility index (Phi) is 30.8. The van der Waals surface area contributed by atoms with Crippen molar-refractivity contribution < 1.29 is 59.2 Å². The fourth-order valence-corrected chi connectivity index (χ4v) is 2.95. The highest BCUT2D eigenvalue weighted by Crippen LogP contribution is 2.24. The highest BCUT2D eigenvalue weighted by Gasteiger charge is 2.13. The minimum atomic E-state index is -0.696. The number of carbonyl (C=O) groups is 3. The molecule has 0 aromatic heterocycles. The van der Waals surface area contributed by atoms with E-state index in [1.165, 1.54) is 56.7 Å². The molecular weight excluding hydrogens is 724 g/mol. The maximum absolute atomic E-state index is 11.2. The van der Waals surface area contributed by atoms with E-state index in [4.69, 9.17) is 71.8 Å². The van der Waals surface area contributed by atoms with E-state index in [9.17, 15) is 24.6 Å². The van der Waals surface area contributed by atoms with E-state index in [0.717, 1.165) is 6.07 Å². The van der Waals surface area contributed by atoms with Gasteiger partial charge in [-0.15, -0.1) is 46.4 Å². The number of hydrogen-bond donors (Lipinski definition) is 7. The van der Waals surface area contributed by atoms with Crippen LogP contribution in [0.3, 0.4) is 0 Å². The van der Waals surface area contributed by atoms with Gasteiger partial charge in [-0.2, -0.15) is 0 Å². The number of methoxy groups -OCH3 is 2. The molecule has 0 heterocycles. The van der Waals surface area contributed by atoms with Crippen molar-refractivity contribution >= 4 is 64.2 Å². The molecule has 0 fully saturated rings. The normalized spacial score (nSPS) is 8.88. The van der Waals surface area contributed by atoms with E-state index in [1.54, 1.807) is 6.07 Å². The number of nitrogens with two attached hydrogens (primary N) is 1. The smallest absolute Gasteiger partial charge is 0.341 e. The van der Waals surface area contributed by atoms with Crippen LogP contribution in [0.4, 0.5) is 0 Å². The SMILES string of the molecule is COC(=O)c1cc(O)ccc1O.COC(=O)c1cc(OCCCl)ccc1O.ClCCCl.N.N.NC(=O)c1cc(OCCCl)ccc1O.O. The number of benzene rings is 3. The minimum absolute atomic E-state index is 0. The lowest BCUT2D eigenvalue weighted by atomic mass is 10.2. The van der Waals surface area contributed by atoms with Crippen molar-refractivity contribution in [3.8, 4) is 34.5 Å². The molecule has 14 N–H and O–H groups in total. The number of esters is 2. The molecule has 272 valence electrons. The first-order chi connectivity index (χ1) is 21.4. The van der Waals surface area contributed by atoms with Gasteiger partial charge in [0.1, 0.15) is 58.8 Å². The largest absolute Gasteiger partial charge is 0.508 e. The van der Waals surface area contributed by atoms with E-state index >= 15 is 0 Å². The summed E-state index contributed by atoms with van der Waals surface area (Å²) in [4.78, 5) is 32.9. The topological polar surface area (TPSA) is 297 Å². The molecule has 0 atom stereocenters. The van der Waals surface area contributed by atoms with Crippen LogP contribution in [0.15, 0.2) is 54.6 Å². The van der Waals surface area contributed by atoms with Gasteiger partial charge in [0.15, 0.2) is 0 Å². The Labute approximate surface area is 297 Å². The van der Waals surface area contributed by atoms with Gasteiger partial charge in [-0.05, 0) is 54.6 Å². The molecule has 1 amide bonds. The number of rotatable bonds is 10. The zero-order valence-electron chi connectivity index (χ0n) is 26.1. The lowest BCUT2D eigenvalue weighted by Gasteiger charge is -2.07. The number of aromatic hydroxyl groups is 4. The Morgan fingerprint density at radius 1 is 0.604 bits per heavy atom. The van der Waals surface area contributed by atoms with Gasteiger partial charge >= 0.3 is 11.9 Å². The Bertz CT molecular complexity index is 1370. The first-order valence-corrected chi connectivity index (χ1v) is 14.7. The van der Waals surface area contributed by atoms with Crippen LogP contribution >= 0.6 is 46.4 Å². The van der Waals surface area contributed by atoms with Gasteiger partial charge < -0.3 is 62.9 Å². The highest BCUT2D eigenvalue weighted by molar-refractivity contribution is 6.25. The molecule has 19 heteroatoms. The maximum Gasteiger partial charge on any atom is 0.341 e. The summed E-state index contributed by atoms with van der Waals surface area (Å²) >= 11 is 21.0. The highest BCUT2D eigenvalue weighted by atomic mass is 35.5. The van der Waals surface area contributed by atoms with Gasteiger partial charge in [-0.25, -0.2) is 9.59 Å². The van der Waals surface area contributed by atoms with Crippen LogP contribution in [0.2, 0.25) is 0 Å². The predicted octanol–water partition coefficient (Wildman–Crippen LogP) is 4.75. The molecular formula is C29H41Cl4N3O12. The lowest BCUT2D eigenvalue weighted by Crippen LogP contribution is -2.11. The third-order valence-electron chi connectivity index (χ3n) is 4.76. The molecule has 48 heavy (non-hydrogen) atoms. The molecule has 0 aliphatic heterocycles. The van der Waals surface area contributed by atoms with Gasteiger partial charge in [0.05, 0.1) is 31.5 Å².